The summed E-state index contributed by atoms with van der Waals surface area (Å²) >= 11 is 0. The van der Waals surface area contributed by atoms with E-state index in [4.69, 9.17) is 5.11 Å². The van der Waals surface area contributed by atoms with Crippen molar-refractivity contribution in [2.45, 2.75) is 0 Å². The summed E-state index contributed by atoms with van der Waals surface area (Å²) in [6.45, 7) is 0. The zero-order chi connectivity index (χ0) is 13.3. The molecule has 92 valence electrons. The maximum Gasteiger partial charge on any atom is 0.390 e. The number of carbonyl (C=O) groups is 1. The molecule has 18 heavy (non-hydrogen) atoms. The van der Waals surface area contributed by atoms with Crippen LogP contribution in [0.5, 0.6) is 0 Å². The van der Waals surface area contributed by atoms with Crippen molar-refractivity contribution in [3.8, 4) is 5.69 Å². The van der Waals surface area contributed by atoms with Crippen LogP contribution in [-0.4, -0.2) is 25.8 Å². The normalized spacial score (nSPS) is 10.3. The van der Waals surface area contributed by atoms with Gasteiger partial charge in [0.25, 0.3) is 0 Å². The van der Waals surface area contributed by atoms with E-state index in [0.29, 0.717) is 0 Å². The summed E-state index contributed by atoms with van der Waals surface area (Å²) in [6, 6.07) is 4.19. The zero-order valence-electron chi connectivity index (χ0n) is 8.78. The van der Waals surface area contributed by atoms with Crippen molar-refractivity contribution >= 4 is 11.8 Å². The Morgan fingerprint density at radius 3 is 2.72 bits per heavy atom. The van der Waals surface area contributed by atoms with Crippen LogP contribution in [0.15, 0.2) is 30.5 Å². The highest BCUT2D eigenvalue weighted by molar-refractivity contribution is 5.91. The molecule has 7 nitrogen and oxygen atoms in total. The number of carboxylic acid groups (broad SMARTS) is 1. The summed E-state index contributed by atoms with van der Waals surface area (Å²) in [6.07, 6.45) is 1.23. The Kier molecular flexibility index (Phi) is 2.76. The lowest BCUT2D eigenvalue weighted by molar-refractivity contribution is -0.389. The zero-order valence-corrected chi connectivity index (χ0v) is 8.78. The van der Waals surface area contributed by atoms with Crippen molar-refractivity contribution in [3.05, 3.63) is 52.0 Å². The van der Waals surface area contributed by atoms with Gasteiger partial charge in [0.2, 0.25) is 0 Å². The molecule has 0 atom stereocenters. The lowest BCUT2D eigenvalue weighted by atomic mass is 10.2. The van der Waals surface area contributed by atoms with Gasteiger partial charge in [-0.2, -0.15) is 0 Å². The third-order valence-corrected chi connectivity index (χ3v) is 2.20. The first-order valence-electron chi connectivity index (χ1n) is 4.72. The van der Waals surface area contributed by atoms with Crippen LogP contribution in [-0.2, 0) is 0 Å². The molecule has 0 aliphatic rings. The van der Waals surface area contributed by atoms with Gasteiger partial charge in [0, 0.05) is 0 Å². The minimum Gasteiger partial charge on any atom is -0.478 e. The number of aromatic nitrogens is 2. The molecule has 0 aliphatic heterocycles. The fourth-order valence-electron chi connectivity index (χ4n) is 1.43. The van der Waals surface area contributed by atoms with Gasteiger partial charge in [0.05, 0.1) is 22.9 Å². The predicted octanol–water partition coefficient (Wildman–Crippen LogP) is 1.62. The second-order valence-corrected chi connectivity index (χ2v) is 3.34. The molecule has 1 N–H and O–H groups in total. The van der Waals surface area contributed by atoms with Crippen molar-refractivity contribution in [1.82, 2.24) is 9.78 Å². The van der Waals surface area contributed by atoms with Crippen molar-refractivity contribution in [3.63, 3.8) is 0 Å². The largest absolute Gasteiger partial charge is 0.478 e. The highest BCUT2D eigenvalue weighted by atomic mass is 19.1. The molecule has 0 unspecified atom stereocenters. The quantitative estimate of drug-likeness (QED) is 0.660. The molecule has 1 heterocycles. The number of nitrogens with zero attached hydrogens (tertiary/aromatic N) is 3. The summed E-state index contributed by atoms with van der Waals surface area (Å²) in [7, 11) is 0. The first kappa shape index (κ1) is 11.7. The first-order chi connectivity index (χ1) is 8.49. The number of aromatic carboxylic acids is 1. The molecule has 0 radical (unpaired) electrons. The Labute approximate surface area is 99.2 Å². The van der Waals surface area contributed by atoms with Crippen LogP contribution in [0, 0.1) is 15.9 Å². The fraction of sp³-hybridized carbons (Fsp3) is 0. The van der Waals surface area contributed by atoms with Crippen molar-refractivity contribution in [2.24, 2.45) is 0 Å². The predicted molar refractivity (Wildman–Crippen MR) is 57.1 cm³/mol. The Morgan fingerprint density at radius 2 is 2.17 bits per heavy atom. The molecular weight excluding hydrogens is 245 g/mol. The number of nitro groups is 1. The fourth-order valence-corrected chi connectivity index (χ4v) is 1.43. The molecular formula is C10H6FN3O4. The van der Waals surface area contributed by atoms with Crippen LogP contribution in [0.4, 0.5) is 10.2 Å². The van der Waals surface area contributed by atoms with Crippen LogP contribution >= 0.6 is 0 Å². The minimum absolute atomic E-state index is 0.0528. The first-order valence-corrected chi connectivity index (χ1v) is 4.72. The molecule has 1 aromatic carbocycles. The van der Waals surface area contributed by atoms with Crippen LogP contribution in [0.2, 0.25) is 0 Å². The number of hydrogen-bond acceptors (Lipinski definition) is 4. The molecule has 0 fully saturated rings. The molecule has 8 heteroatoms. The smallest absolute Gasteiger partial charge is 0.390 e. The number of carboxylic acids is 1. The van der Waals surface area contributed by atoms with Gasteiger partial charge in [-0.05, 0) is 23.1 Å². The second-order valence-electron chi connectivity index (χ2n) is 3.34. The van der Waals surface area contributed by atoms with Crippen LogP contribution in [0.25, 0.3) is 5.69 Å². The van der Waals surface area contributed by atoms with E-state index in [9.17, 15) is 19.3 Å². The lowest BCUT2D eigenvalue weighted by Crippen LogP contribution is -2.06. The summed E-state index contributed by atoms with van der Waals surface area (Å²) in [4.78, 5) is 20.7. The number of rotatable bonds is 3. The number of halogens is 1. The summed E-state index contributed by atoms with van der Waals surface area (Å²) in [5.74, 6) is -2.48. The summed E-state index contributed by atoms with van der Waals surface area (Å²) in [5.41, 5.74) is -0.273. The average Bonchev–Trinajstić information content (AvgIpc) is 2.78. The van der Waals surface area contributed by atoms with E-state index in [-0.39, 0.29) is 11.3 Å². The third-order valence-electron chi connectivity index (χ3n) is 2.20. The van der Waals surface area contributed by atoms with Gasteiger partial charge in [0.15, 0.2) is 0 Å². The lowest BCUT2D eigenvalue weighted by Gasteiger charge is -2.02. The molecule has 0 saturated carbocycles. The summed E-state index contributed by atoms with van der Waals surface area (Å²) < 4.78 is 14.0. The molecule has 0 spiro atoms. The monoisotopic (exact) mass is 251 g/mol. The Balaban J connectivity index is 2.55. The molecule has 2 rings (SSSR count). The molecule has 0 saturated heterocycles. The highest BCUT2D eigenvalue weighted by Crippen LogP contribution is 2.17. The Hall–Kier alpha value is -2.77. The highest BCUT2D eigenvalue weighted by Gasteiger charge is 2.18. The van der Waals surface area contributed by atoms with Gasteiger partial charge in [-0.15, -0.1) is 4.68 Å². The van der Waals surface area contributed by atoms with Gasteiger partial charge in [0.1, 0.15) is 11.5 Å². The third kappa shape index (κ3) is 2.03. The van der Waals surface area contributed by atoms with Crippen LogP contribution in [0.3, 0.4) is 0 Å². The molecule has 0 amide bonds. The van der Waals surface area contributed by atoms with Crippen molar-refractivity contribution in [2.75, 3.05) is 0 Å². The van der Waals surface area contributed by atoms with Crippen LogP contribution < -0.4 is 0 Å². The van der Waals surface area contributed by atoms with Crippen LogP contribution in [0.1, 0.15) is 10.4 Å². The maximum absolute atomic E-state index is 13.0. The van der Waals surface area contributed by atoms with E-state index in [2.05, 4.69) is 5.10 Å². The van der Waals surface area contributed by atoms with Gasteiger partial charge >= 0.3 is 11.8 Å². The number of benzene rings is 1. The molecule has 0 aliphatic carbocycles. The van der Waals surface area contributed by atoms with E-state index in [1.165, 1.54) is 12.3 Å². The average molecular weight is 251 g/mol. The summed E-state index contributed by atoms with van der Waals surface area (Å²) in [5, 5.41) is 23.0. The van der Waals surface area contributed by atoms with E-state index >= 15 is 0 Å². The van der Waals surface area contributed by atoms with Gasteiger partial charge < -0.3 is 15.2 Å². The van der Waals surface area contributed by atoms with Gasteiger partial charge in [-0.25, -0.2) is 9.18 Å². The molecule has 0 bridgehead atoms. The SMILES string of the molecule is O=C(O)c1cc(F)ccc1-n1ccc([N+](=O)[O-])n1. The van der Waals surface area contributed by atoms with E-state index < -0.39 is 22.5 Å². The van der Waals surface area contributed by atoms with E-state index in [1.54, 1.807) is 0 Å². The minimum atomic E-state index is -1.34. The molecule has 2 aromatic rings. The number of hydrogen-bond donors (Lipinski definition) is 1. The van der Waals surface area contributed by atoms with E-state index in [0.717, 1.165) is 22.9 Å². The van der Waals surface area contributed by atoms with Gasteiger partial charge in [-0.1, -0.05) is 0 Å². The standard InChI is InChI=1S/C10H6FN3O4/c11-6-1-2-8(7(5-6)10(15)16)13-4-3-9(12-13)14(17)18/h1-5H,(H,15,16). The molecule has 1 aromatic heterocycles. The Morgan fingerprint density at radius 1 is 1.44 bits per heavy atom. The topological polar surface area (TPSA) is 98.3 Å². The Bertz CT molecular complexity index is 638. The maximum atomic E-state index is 13.0. The van der Waals surface area contributed by atoms with Crippen molar-refractivity contribution in [1.29, 1.82) is 0 Å². The van der Waals surface area contributed by atoms with E-state index in [1.807, 2.05) is 0 Å². The second kappa shape index (κ2) is 4.24. The van der Waals surface area contributed by atoms with Gasteiger partial charge in [-0.3, -0.25) is 0 Å². The van der Waals surface area contributed by atoms with Crippen molar-refractivity contribution < 1.29 is 19.2 Å².